The molecule has 1 aromatic heterocycles. The van der Waals surface area contributed by atoms with Crippen molar-refractivity contribution in [2.75, 3.05) is 0 Å². The largest absolute Gasteiger partial charge is 0.417 e. The lowest BCUT2D eigenvalue weighted by atomic mass is 9.97. The number of hydrogen-bond donors (Lipinski definition) is 0. The van der Waals surface area contributed by atoms with Crippen LogP contribution in [0.1, 0.15) is 21.5 Å². The number of aromatic nitrogens is 1. The third-order valence-corrected chi connectivity index (χ3v) is 2.71. The molecule has 0 aliphatic rings. The van der Waals surface area contributed by atoms with Crippen LogP contribution in [0.4, 0.5) is 18.9 Å². The summed E-state index contributed by atoms with van der Waals surface area (Å²) in [6.45, 7) is 0. The Kier molecular flexibility index (Phi) is 3.70. The Hall–Kier alpha value is -2.77. The second kappa shape index (κ2) is 5.31. The Balaban J connectivity index is 2.71. The van der Waals surface area contributed by atoms with E-state index in [1.807, 2.05) is 0 Å². The van der Waals surface area contributed by atoms with Gasteiger partial charge < -0.3 is 0 Å². The van der Waals surface area contributed by atoms with Gasteiger partial charge in [0.15, 0.2) is 0 Å². The summed E-state index contributed by atoms with van der Waals surface area (Å²) in [5.74, 6) is -1.07. The topological polar surface area (TPSA) is 73.1 Å². The first-order chi connectivity index (χ1) is 9.82. The van der Waals surface area contributed by atoms with Gasteiger partial charge in [-0.2, -0.15) is 13.2 Å². The predicted octanol–water partition coefficient (Wildman–Crippen LogP) is 3.24. The third-order valence-electron chi connectivity index (χ3n) is 2.71. The molecule has 1 aromatic carbocycles. The first kappa shape index (κ1) is 14.6. The van der Waals surface area contributed by atoms with Crippen molar-refractivity contribution in [3.63, 3.8) is 0 Å². The number of benzene rings is 1. The van der Waals surface area contributed by atoms with Crippen molar-refractivity contribution in [2.45, 2.75) is 6.18 Å². The molecule has 21 heavy (non-hydrogen) atoms. The van der Waals surface area contributed by atoms with Crippen molar-refractivity contribution in [1.82, 2.24) is 4.98 Å². The highest BCUT2D eigenvalue weighted by atomic mass is 19.4. The number of hydrogen-bond acceptors (Lipinski definition) is 4. The molecule has 0 saturated carbocycles. The number of nitrogens with zero attached hydrogens (tertiary/aromatic N) is 2. The third kappa shape index (κ3) is 2.88. The second-order valence-corrected chi connectivity index (χ2v) is 4.02. The molecule has 2 rings (SSSR count). The van der Waals surface area contributed by atoms with Crippen molar-refractivity contribution in [1.29, 1.82) is 0 Å². The van der Waals surface area contributed by atoms with Crippen molar-refractivity contribution in [3.05, 3.63) is 69.5 Å². The summed E-state index contributed by atoms with van der Waals surface area (Å²) in [7, 11) is 0. The number of carbonyl (C=O) groups excluding carboxylic acids is 1. The van der Waals surface area contributed by atoms with Crippen LogP contribution in [0.5, 0.6) is 0 Å². The van der Waals surface area contributed by atoms with Gasteiger partial charge in [-0.3, -0.25) is 19.9 Å². The fourth-order valence-corrected chi connectivity index (χ4v) is 1.81. The number of nitro groups is 1. The minimum Gasteiger partial charge on any atom is -0.288 e. The first-order valence-electron chi connectivity index (χ1n) is 5.61. The minimum atomic E-state index is -4.87. The summed E-state index contributed by atoms with van der Waals surface area (Å²) in [5, 5.41) is 10.9. The van der Waals surface area contributed by atoms with E-state index in [-0.39, 0.29) is 5.56 Å². The van der Waals surface area contributed by atoms with Crippen molar-refractivity contribution < 1.29 is 22.9 Å². The number of pyridine rings is 1. The normalized spacial score (nSPS) is 11.2. The van der Waals surface area contributed by atoms with Gasteiger partial charge in [0.05, 0.1) is 10.5 Å². The molecule has 5 nitrogen and oxygen atoms in total. The van der Waals surface area contributed by atoms with E-state index in [0.717, 1.165) is 12.1 Å². The Morgan fingerprint density at radius 1 is 1.14 bits per heavy atom. The lowest BCUT2D eigenvalue weighted by Gasteiger charge is -2.12. The molecule has 108 valence electrons. The molecular formula is C13H7F3N2O3. The van der Waals surface area contributed by atoms with Crippen LogP contribution in [0.15, 0.2) is 42.7 Å². The molecule has 0 bridgehead atoms. The van der Waals surface area contributed by atoms with Gasteiger partial charge >= 0.3 is 6.18 Å². The zero-order valence-corrected chi connectivity index (χ0v) is 10.3. The van der Waals surface area contributed by atoms with E-state index in [1.165, 1.54) is 24.5 Å². The number of ketones is 1. The number of rotatable bonds is 3. The van der Waals surface area contributed by atoms with Crippen LogP contribution in [-0.4, -0.2) is 15.7 Å². The molecule has 8 heteroatoms. The number of alkyl halides is 3. The lowest BCUT2D eigenvalue weighted by Crippen LogP contribution is -2.16. The Labute approximate surface area is 116 Å². The highest BCUT2D eigenvalue weighted by Crippen LogP contribution is 2.36. The van der Waals surface area contributed by atoms with Gasteiger partial charge in [-0.15, -0.1) is 0 Å². The van der Waals surface area contributed by atoms with Crippen LogP contribution < -0.4 is 0 Å². The van der Waals surface area contributed by atoms with Crippen LogP contribution in [0.25, 0.3) is 0 Å². The van der Waals surface area contributed by atoms with E-state index in [2.05, 4.69) is 4.98 Å². The van der Waals surface area contributed by atoms with Gasteiger partial charge in [-0.05, 0) is 18.2 Å². The summed E-state index contributed by atoms with van der Waals surface area (Å²) >= 11 is 0. The average Bonchev–Trinajstić information content (AvgIpc) is 2.45. The Morgan fingerprint density at radius 2 is 1.76 bits per heavy atom. The van der Waals surface area contributed by atoms with Gasteiger partial charge in [-0.25, -0.2) is 0 Å². The standard InChI is InChI=1S/C13H7F3N2O3/c14-13(15,16)9-2-1-3-10(18(20)21)11(9)12(19)8-4-6-17-7-5-8/h1-7H. The van der Waals surface area contributed by atoms with Gasteiger partial charge in [0.1, 0.15) is 5.56 Å². The Morgan fingerprint density at radius 3 is 2.29 bits per heavy atom. The maximum absolute atomic E-state index is 13.0. The van der Waals surface area contributed by atoms with Gasteiger partial charge in [0.25, 0.3) is 5.69 Å². The maximum Gasteiger partial charge on any atom is 0.417 e. The van der Waals surface area contributed by atoms with Crippen molar-refractivity contribution >= 4 is 11.5 Å². The van der Waals surface area contributed by atoms with Gasteiger partial charge in [-0.1, -0.05) is 6.07 Å². The van der Waals surface area contributed by atoms with Crippen molar-refractivity contribution in [2.24, 2.45) is 0 Å². The maximum atomic E-state index is 13.0. The molecule has 0 aliphatic heterocycles. The van der Waals surface area contributed by atoms with E-state index in [4.69, 9.17) is 0 Å². The number of carbonyl (C=O) groups is 1. The summed E-state index contributed by atoms with van der Waals surface area (Å²) in [6.07, 6.45) is -2.44. The van der Waals surface area contributed by atoms with Crippen LogP contribution in [0.3, 0.4) is 0 Å². The van der Waals surface area contributed by atoms with Crippen LogP contribution in [-0.2, 0) is 6.18 Å². The molecule has 2 aromatic rings. The van der Waals surface area contributed by atoms with Gasteiger partial charge in [0, 0.05) is 24.0 Å². The molecule has 0 radical (unpaired) electrons. The number of halogens is 3. The summed E-state index contributed by atoms with van der Waals surface area (Å²) in [5.41, 5.74) is -3.30. The summed E-state index contributed by atoms with van der Waals surface area (Å²) in [6, 6.07) is 4.79. The smallest absolute Gasteiger partial charge is 0.288 e. The molecule has 0 amide bonds. The summed E-state index contributed by atoms with van der Waals surface area (Å²) < 4.78 is 38.9. The van der Waals surface area contributed by atoms with Crippen molar-refractivity contribution in [3.8, 4) is 0 Å². The van der Waals surface area contributed by atoms with E-state index >= 15 is 0 Å². The highest BCUT2D eigenvalue weighted by Gasteiger charge is 2.39. The fraction of sp³-hybridized carbons (Fsp3) is 0.0769. The highest BCUT2D eigenvalue weighted by molar-refractivity contribution is 6.12. The minimum absolute atomic E-state index is 0.107. The predicted molar refractivity (Wildman–Crippen MR) is 65.8 cm³/mol. The molecule has 0 fully saturated rings. The zero-order chi connectivity index (χ0) is 15.6. The average molecular weight is 296 g/mol. The van der Waals surface area contributed by atoms with Crippen LogP contribution in [0, 0.1) is 10.1 Å². The molecule has 0 spiro atoms. The van der Waals surface area contributed by atoms with Crippen LogP contribution in [0.2, 0.25) is 0 Å². The Bertz CT molecular complexity index is 700. The SMILES string of the molecule is O=C(c1ccncc1)c1c([N+](=O)[O-])cccc1C(F)(F)F. The molecule has 0 aliphatic carbocycles. The molecule has 0 N–H and O–H groups in total. The quantitative estimate of drug-likeness (QED) is 0.495. The molecule has 0 saturated heterocycles. The van der Waals surface area contributed by atoms with E-state index in [1.54, 1.807) is 0 Å². The lowest BCUT2D eigenvalue weighted by molar-refractivity contribution is -0.385. The summed E-state index contributed by atoms with van der Waals surface area (Å²) in [4.78, 5) is 25.7. The molecule has 0 unspecified atom stereocenters. The monoisotopic (exact) mass is 296 g/mol. The molecular weight excluding hydrogens is 289 g/mol. The molecule has 1 heterocycles. The van der Waals surface area contributed by atoms with E-state index < -0.39 is 33.7 Å². The fourth-order valence-electron chi connectivity index (χ4n) is 1.81. The first-order valence-corrected chi connectivity index (χ1v) is 5.61. The number of nitro benzene ring substituents is 1. The van der Waals surface area contributed by atoms with E-state index in [9.17, 15) is 28.1 Å². The second-order valence-electron chi connectivity index (χ2n) is 4.02. The molecule has 0 atom stereocenters. The van der Waals surface area contributed by atoms with Crippen LogP contribution >= 0.6 is 0 Å². The van der Waals surface area contributed by atoms with E-state index in [0.29, 0.717) is 6.07 Å². The van der Waals surface area contributed by atoms with Gasteiger partial charge in [0.2, 0.25) is 5.78 Å². The zero-order valence-electron chi connectivity index (χ0n) is 10.3.